The predicted octanol–water partition coefficient (Wildman–Crippen LogP) is 3.10. The number of hydrogen-bond donors (Lipinski definition) is 1. The van der Waals surface area contributed by atoms with E-state index in [2.05, 4.69) is 22.2 Å². The number of rotatable bonds is 6. The van der Waals surface area contributed by atoms with Crippen LogP contribution in [-0.4, -0.2) is 23.6 Å². The molecule has 1 heterocycles. The smallest absolute Gasteiger partial charge is 0.224 e. The fourth-order valence-corrected chi connectivity index (χ4v) is 1.56. The van der Waals surface area contributed by atoms with Crippen molar-refractivity contribution in [1.82, 2.24) is 9.97 Å². The van der Waals surface area contributed by atoms with Crippen LogP contribution in [0.15, 0.2) is 36.7 Å². The summed E-state index contributed by atoms with van der Waals surface area (Å²) < 4.78 is 10.9. The first-order valence-corrected chi connectivity index (χ1v) is 6.20. The summed E-state index contributed by atoms with van der Waals surface area (Å²) in [5.74, 6) is 2.54. The van der Waals surface area contributed by atoms with Gasteiger partial charge in [-0.2, -0.15) is 0 Å². The van der Waals surface area contributed by atoms with E-state index in [1.165, 1.54) is 6.33 Å². The molecule has 100 valence electrons. The van der Waals surface area contributed by atoms with Crippen molar-refractivity contribution in [3.8, 4) is 17.4 Å². The minimum atomic E-state index is 0.484. The Labute approximate surface area is 112 Å². The molecule has 1 aromatic carbocycles. The summed E-state index contributed by atoms with van der Waals surface area (Å²) in [6, 6.07) is 9.21. The lowest BCUT2D eigenvalue weighted by atomic mass is 10.3. The molecular weight excluding hydrogens is 242 g/mol. The molecule has 0 amide bonds. The van der Waals surface area contributed by atoms with Crippen molar-refractivity contribution in [1.29, 1.82) is 0 Å². The number of hydrogen-bond acceptors (Lipinski definition) is 5. The Morgan fingerprint density at radius 3 is 2.68 bits per heavy atom. The van der Waals surface area contributed by atoms with Crippen LogP contribution in [0.1, 0.15) is 13.3 Å². The van der Waals surface area contributed by atoms with E-state index in [1.807, 2.05) is 24.3 Å². The molecule has 5 nitrogen and oxygen atoms in total. The van der Waals surface area contributed by atoms with E-state index in [0.717, 1.165) is 18.8 Å². The molecule has 2 rings (SSSR count). The third-order valence-electron chi connectivity index (χ3n) is 2.48. The summed E-state index contributed by atoms with van der Waals surface area (Å²) in [6.45, 7) is 2.96. The minimum absolute atomic E-state index is 0.484. The maximum absolute atomic E-state index is 5.70. The van der Waals surface area contributed by atoms with Crippen LogP contribution in [0.2, 0.25) is 0 Å². The Morgan fingerprint density at radius 1 is 1.16 bits per heavy atom. The zero-order chi connectivity index (χ0) is 13.5. The highest BCUT2D eigenvalue weighted by Gasteiger charge is 2.06. The van der Waals surface area contributed by atoms with E-state index in [-0.39, 0.29) is 0 Å². The number of anilines is 1. The van der Waals surface area contributed by atoms with Gasteiger partial charge in [0.25, 0.3) is 0 Å². The van der Waals surface area contributed by atoms with E-state index in [9.17, 15) is 0 Å². The van der Waals surface area contributed by atoms with E-state index in [1.54, 1.807) is 13.2 Å². The van der Waals surface area contributed by atoms with Crippen molar-refractivity contribution in [3.63, 3.8) is 0 Å². The summed E-state index contributed by atoms with van der Waals surface area (Å²) in [5, 5.41) is 3.19. The Bertz CT molecular complexity index is 532. The van der Waals surface area contributed by atoms with Gasteiger partial charge in [-0.3, -0.25) is 0 Å². The fraction of sp³-hybridized carbons (Fsp3) is 0.286. The topological polar surface area (TPSA) is 56.3 Å². The third-order valence-corrected chi connectivity index (χ3v) is 2.48. The van der Waals surface area contributed by atoms with E-state index in [0.29, 0.717) is 17.4 Å². The number of nitrogens with one attached hydrogen (secondary N) is 1. The molecule has 0 bridgehead atoms. The summed E-state index contributed by atoms with van der Waals surface area (Å²) in [4.78, 5) is 8.22. The molecule has 19 heavy (non-hydrogen) atoms. The van der Waals surface area contributed by atoms with Gasteiger partial charge in [-0.05, 0) is 18.6 Å². The lowest BCUT2D eigenvalue weighted by Gasteiger charge is -2.10. The lowest BCUT2D eigenvalue weighted by Crippen LogP contribution is -2.02. The zero-order valence-corrected chi connectivity index (χ0v) is 11.1. The Balaban J connectivity index is 2.14. The van der Waals surface area contributed by atoms with Crippen molar-refractivity contribution in [2.75, 3.05) is 19.0 Å². The largest absolute Gasteiger partial charge is 0.493 e. The molecule has 0 unspecified atom stereocenters. The van der Waals surface area contributed by atoms with Crippen LogP contribution in [0.25, 0.3) is 0 Å². The van der Waals surface area contributed by atoms with E-state index in [4.69, 9.17) is 9.47 Å². The molecule has 5 heteroatoms. The van der Waals surface area contributed by atoms with Crippen LogP contribution in [0.3, 0.4) is 0 Å². The molecule has 0 saturated heterocycles. The quantitative estimate of drug-likeness (QED) is 0.863. The van der Waals surface area contributed by atoms with Crippen molar-refractivity contribution in [3.05, 3.63) is 36.7 Å². The molecule has 0 saturated carbocycles. The fourth-order valence-electron chi connectivity index (χ4n) is 1.56. The summed E-state index contributed by atoms with van der Waals surface area (Å²) in [5.41, 5.74) is 0. The van der Waals surface area contributed by atoms with Gasteiger partial charge in [0.1, 0.15) is 12.1 Å². The SMILES string of the molecule is CCCNc1cc(Oc2ccccc2OC)ncn1. The molecule has 0 fully saturated rings. The Kier molecular flexibility index (Phi) is 4.55. The number of methoxy groups -OCH3 is 1. The van der Waals surface area contributed by atoms with Gasteiger partial charge in [0, 0.05) is 12.6 Å². The number of aromatic nitrogens is 2. The lowest BCUT2D eigenvalue weighted by molar-refractivity contribution is 0.374. The molecule has 0 aliphatic rings. The molecular formula is C14H17N3O2. The molecule has 2 aromatic rings. The molecule has 0 radical (unpaired) electrons. The Hall–Kier alpha value is -2.30. The molecule has 1 aromatic heterocycles. The van der Waals surface area contributed by atoms with Gasteiger partial charge in [-0.25, -0.2) is 9.97 Å². The second-order valence-electron chi connectivity index (χ2n) is 3.92. The third kappa shape index (κ3) is 3.58. The zero-order valence-electron chi connectivity index (χ0n) is 11.1. The average molecular weight is 259 g/mol. The van der Waals surface area contributed by atoms with Gasteiger partial charge in [0.15, 0.2) is 11.5 Å². The van der Waals surface area contributed by atoms with Gasteiger partial charge < -0.3 is 14.8 Å². The van der Waals surface area contributed by atoms with Crippen LogP contribution in [0.5, 0.6) is 17.4 Å². The number of benzene rings is 1. The summed E-state index contributed by atoms with van der Waals surface area (Å²) in [7, 11) is 1.61. The molecule has 0 atom stereocenters. The maximum Gasteiger partial charge on any atom is 0.224 e. The van der Waals surface area contributed by atoms with Crippen LogP contribution in [0.4, 0.5) is 5.82 Å². The number of nitrogens with zero attached hydrogens (tertiary/aromatic N) is 2. The highest BCUT2D eigenvalue weighted by Crippen LogP contribution is 2.30. The molecule has 0 spiro atoms. The van der Waals surface area contributed by atoms with Crippen LogP contribution in [-0.2, 0) is 0 Å². The molecule has 0 aliphatic carbocycles. The van der Waals surface area contributed by atoms with Crippen molar-refractivity contribution >= 4 is 5.82 Å². The second kappa shape index (κ2) is 6.58. The number of ether oxygens (including phenoxy) is 2. The van der Waals surface area contributed by atoms with Crippen LogP contribution >= 0.6 is 0 Å². The van der Waals surface area contributed by atoms with Crippen molar-refractivity contribution < 1.29 is 9.47 Å². The standard InChI is InChI=1S/C14H17N3O2/c1-3-8-15-13-9-14(17-10-16-13)19-12-7-5-4-6-11(12)18-2/h4-7,9-10H,3,8H2,1-2H3,(H,15,16,17). The van der Waals surface area contributed by atoms with Gasteiger partial charge in [-0.15, -0.1) is 0 Å². The highest BCUT2D eigenvalue weighted by molar-refractivity contribution is 5.43. The van der Waals surface area contributed by atoms with Crippen molar-refractivity contribution in [2.24, 2.45) is 0 Å². The van der Waals surface area contributed by atoms with E-state index >= 15 is 0 Å². The first kappa shape index (κ1) is 13.1. The predicted molar refractivity (Wildman–Crippen MR) is 73.9 cm³/mol. The summed E-state index contributed by atoms with van der Waals surface area (Å²) in [6.07, 6.45) is 2.51. The first-order chi connectivity index (χ1) is 9.33. The molecule has 0 aliphatic heterocycles. The summed E-state index contributed by atoms with van der Waals surface area (Å²) >= 11 is 0. The maximum atomic E-state index is 5.70. The Morgan fingerprint density at radius 2 is 1.95 bits per heavy atom. The van der Waals surface area contributed by atoms with Crippen LogP contribution in [0, 0.1) is 0 Å². The second-order valence-corrected chi connectivity index (χ2v) is 3.92. The monoisotopic (exact) mass is 259 g/mol. The van der Waals surface area contributed by atoms with Gasteiger partial charge >= 0.3 is 0 Å². The van der Waals surface area contributed by atoms with Gasteiger partial charge in [0.2, 0.25) is 5.88 Å². The minimum Gasteiger partial charge on any atom is -0.493 e. The highest BCUT2D eigenvalue weighted by atomic mass is 16.5. The van der Waals surface area contributed by atoms with Gasteiger partial charge in [-0.1, -0.05) is 19.1 Å². The number of para-hydroxylation sites is 2. The first-order valence-electron chi connectivity index (χ1n) is 6.20. The van der Waals surface area contributed by atoms with Crippen LogP contribution < -0.4 is 14.8 Å². The van der Waals surface area contributed by atoms with E-state index < -0.39 is 0 Å². The van der Waals surface area contributed by atoms with Gasteiger partial charge in [0.05, 0.1) is 7.11 Å². The molecule has 1 N–H and O–H groups in total. The normalized spacial score (nSPS) is 10.0. The average Bonchev–Trinajstić information content (AvgIpc) is 2.46. The van der Waals surface area contributed by atoms with Crippen molar-refractivity contribution in [2.45, 2.75) is 13.3 Å².